The smallest absolute Gasteiger partial charge is 0.325 e. The third-order valence-electron chi connectivity index (χ3n) is 3.96. The van der Waals surface area contributed by atoms with Gasteiger partial charge in [0.2, 0.25) is 5.91 Å². The summed E-state index contributed by atoms with van der Waals surface area (Å²) in [5, 5.41) is 5.20. The van der Waals surface area contributed by atoms with Gasteiger partial charge >= 0.3 is 6.03 Å². The SMILES string of the molecule is COc1ccc(NC(=O)CN2C(=O)NC(C)(c3ccco3)C2=O)cc1. The quantitative estimate of drug-likeness (QED) is 0.805. The lowest BCUT2D eigenvalue weighted by atomic mass is 9.99. The van der Waals surface area contributed by atoms with Gasteiger partial charge in [0.15, 0.2) is 5.54 Å². The van der Waals surface area contributed by atoms with Crippen molar-refractivity contribution in [3.8, 4) is 5.75 Å². The van der Waals surface area contributed by atoms with Gasteiger partial charge in [0.1, 0.15) is 18.1 Å². The second kappa shape index (κ2) is 6.31. The number of hydrogen-bond acceptors (Lipinski definition) is 5. The van der Waals surface area contributed by atoms with Crippen LogP contribution in [0, 0.1) is 0 Å². The second-order valence-corrected chi connectivity index (χ2v) is 5.70. The van der Waals surface area contributed by atoms with Gasteiger partial charge in [-0.15, -0.1) is 0 Å². The number of nitrogens with zero attached hydrogens (tertiary/aromatic N) is 1. The number of carbonyl (C=O) groups excluding carboxylic acids is 3. The molecule has 1 fully saturated rings. The zero-order chi connectivity index (χ0) is 18.0. The number of imide groups is 1. The minimum atomic E-state index is -1.32. The molecule has 0 aliphatic carbocycles. The Balaban J connectivity index is 1.68. The number of amides is 4. The van der Waals surface area contributed by atoms with E-state index in [1.54, 1.807) is 43.5 Å². The van der Waals surface area contributed by atoms with E-state index in [1.807, 2.05) is 0 Å². The summed E-state index contributed by atoms with van der Waals surface area (Å²) in [7, 11) is 1.54. The van der Waals surface area contributed by atoms with Gasteiger partial charge in [-0.1, -0.05) is 0 Å². The summed E-state index contributed by atoms with van der Waals surface area (Å²) in [6.45, 7) is 1.14. The average Bonchev–Trinajstić information content (AvgIpc) is 3.20. The first kappa shape index (κ1) is 16.6. The maximum absolute atomic E-state index is 12.6. The lowest BCUT2D eigenvalue weighted by Crippen LogP contribution is -2.41. The number of rotatable bonds is 5. The molecule has 0 radical (unpaired) electrons. The Labute approximate surface area is 143 Å². The van der Waals surface area contributed by atoms with Gasteiger partial charge in [0.25, 0.3) is 5.91 Å². The molecule has 0 spiro atoms. The van der Waals surface area contributed by atoms with Crippen molar-refractivity contribution in [2.45, 2.75) is 12.5 Å². The Morgan fingerprint density at radius 3 is 2.60 bits per heavy atom. The molecule has 1 atom stereocenters. The molecule has 8 heteroatoms. The van der Waals surface area contributed by atoms with E-state index in [0.29, 0.717) is 17.2 Å². The third-order valence-corrected chi connectivity index (χ3v) is 3.96. The minimum Gasteiger partial charge on any atom is -0.497 e. The number of carbonyl (C=O) groups is 3. The second-order valence-electron chi connectivity index (χ2n) is 5.70. The van der Waals surface area contributed by atoms with Gasteiger partial charge < -0.3 is 19.8 Å². The molecular weight excluding hydrogens is 326 g/mol. The first-order valence-electron chi connectivity index (χ1n) is 7.56. The predicted octanol–water partition coefficient (Wildman–Crippen LogP) is 1.69. The number of methoxy groups -OCH3 is 1. The number of ether oxygens (including phenoxy) is 1. The lowest BCUT2D eigenvalue weighted by molar-refractivity contribution is -0.134. The molecule has 0 saturated carbocycles. The van der Waals surface area contributed by atoms with Crippen LogP contribution in [0.1, 0.15) is 12.7 Å². The van der Waals surface area contributed by atoms with E-state index < -0.39 is 29.9 Å². The van der Waals surface area contributed by atoms with Crippen LogP contribution >= 0.6 is 0 Å². The maximum Gasteiger partial charge on any atom is 0.325 e. The fourth-order valence-electron chi connectivity index (χ4n) is 2.59. The summed E-state index contributed by atoms with van der Waals surface area (Å²) < 4.78 is 10.3. The van der Waals surface area contributed by atoms with Crippen LogP contribution in [0.5, 0.6) is 5.75 Å². The zero-order valence-electron chi connectivity index (χ0n) is 13.7. The standard InChI is InChI=1S/C17H17N3O5/c1-17(13-4-3-9-25-13)15(22)20(16(23)19-17)10-14(21)18-11-5-7-12(24-2)8-6-11/h3-9H,10H2,1-2H3,(H,18,21)(H,19,23). The molecule has 1 aromatic heterocycles. The van der Waals surface area contributed by atoms with Crippen LogP contribution in [-0.4, -0.2) is 36.4 Å². The fraction of sp³-hybridized carbons (Fsp3) is 0.235. The van der Waals surface area contributed by atoms with Crippen molar-refractivity contribution in [3.05, 3.63) is 48.4 Å². The van der Waals surface area contributed by atoms with E-state index in [9.17, 15) is 14.4 Å². The van der Waals surface area contributed by atoms with E-state index in [4.69, 9.17) is 9.15 Å². The number of furan rings is 1. The highest BCUT2D eigenvalue weighted by Gasteiger charge is 2.51. The monoisotopic (exact) mass is 343 g/mol. The summed E-state index contributed by atoms with van der Waals surface area (Å²) >= 11 is 0. The van der Waals surface area contributed by atoms with Gasteiger partial charge in [-0.3, -0.25) is 14.5 Å². The van der Waals surface area contributed by atoms with Gasteiger partial charge in [-0.05, 0) is 43.3 Å². The van der Waals surface area contributed by atoms with Crippen molar-refractivity contribution < 1.29 is 23.5 Å². The molecule has 4 amide bonds. The molecular formula is C17H17N3O5. The first-order valence-corrected chi connectivity index (χ1v) is 7.56. The largest absolute Gasteiger partial charge is 0.497 e. The Kier molecular flexibility index (Phi) is 4.18. The van der Waals surface area contributed by atoms with Crippen LogP contribution in [0.3, 0.4) is 0 Å². The normalized spacial score (nSPS) is 19.7. The van der Waals surface area contributed by atoms with Crippen LogP contribution < -0.4 is 15.4 Å². The van der Waals surface area contributed by atoms with Crippen molar-refractivity contribution in [2.75, 3.05) is 19.0 Å². The molecule has 1 aromatic carbocycles. The molecule has 130 valence electrons. The number of hydrogen-bond donors (Lipinski definition) is 2. The molecule has 8 nitrogen and oxygen atoms in total. The van der Waals surface area contributed by atoms with Crippen molar-refractivity contribution in [2.24, 2.45) is 0 Å². The van der Waals surface area contributed by atoms with Gasteiger partial charge in [0.05, 0.1) is 13.4 Å². The maximum atomic E-state index is 12.6. The van der Waals surface area contributed by atoms with Crippen LogP contribution in [-0.2, 0) is 15.1 Å². The van der Waals surface area contributed by atoms with Crippen LogP contribution in [0.25, 0.3) is 0 Å². The predicted molar refractivity (Wildman–Crippen MR) is 87.9 cm³/mol. The van der Waals surface area contributed by atoms with E-state index in [1.165, 1.54) is 13.2 Å². The molecule has 25 heavy (non-hydrogen) atoms. The Hall–Kier alpha value is -3.29. The number of anilines is 1. The molecule has 2 aromatic rings. The Morgan fingerprint density at radius 1 is 1.28 bits per heavy atom. The molecule has 0 bridgehead atoms. The Bertz CT molecular complexity index is 800. The van der Waals surface area contributed by atoms with Crippen molar-refractivity contribution in [1.82, 2.24) is 10.2 Å². The van der Waals surface area contributed by atoms with Crippen molar-refractivity contribution >= 4 is 23.5 Å². The summed E-state index contributed by atoms with van der Waals surface area (Å²) in [5.74, 6) is -0.0695. The highest BCUT2D eigenvalue weighted by molar-refractivity contribution is 6.10. The first-order chi connectivity index (χ1) is 11.9. The third kappa shape index (κ3) is 3.06. The topological polar surface area (TPSA) is 101 Å². The fourth-order valence-corrected chi connectivity index (χ4v) is 2.59. The van der Waals surface area contributed by atoms with Crippen LogP contribution in [0.4, 0.5) is 10.5 Å². The van der Waals surface area contributed by atoms with Crippen LogP contribution in [0.15, 0.2) is 47.1 Å². The number of nitrogens with one attached hydrogen (secondary N) is 2. The lowest BCUT2D eigenvalue weighted by Gasteiger charge is -2.18. The highest BCUT2D eigenvalue weighted by atomic mass is 16.5. The summed E-state index contributed by atoms with van der Waals surface area (Å²) in [6, 6.07) is 9.28. The molecule has 1 saturated heterocycles. The summed E-state index contributed by atoms with van der Waals surface area (Å²) in [5.41, 5.74) is -0.785. The summed E-state index contributed by atoms with van der Waals surface area (Å²) in [4.78, 5) is 37.8. The van der Waals surface area contributed by atoms with E-state index in [-0.39, 0.29) is 0 Å². The molecule has 1 aliphatic rings. The van der Waals surface area contributed by atoms with E-state index >= 15 is 0 Å². The molecule has 2 N–H and O–H groups in total. The van der Waals surface area contributed by atoms with Gasteiger partial charge in [-0.2, -0.15) is 0 Å². The van der Waals surface area contributed by atoms with Gasteiger partial charge in [-0.25, -0.2) is 4.79 Å². The van der Waals surface area contributed by atoms with Crippen molar-refractivity contribution in [3.63, 3.8) is 0 Å². The van der Waals surface area contributed by atoms with Crippen molar-refractivity contribution in [1.29, 1.82) is 0 Å². The van der Waals surface area contributed by atoms with Gasteiger partial charge in [0, 0.05) is 5.69 Å². The molecule has 1 aliphatic heterocycles. The summed E-state index contributed by atoms with van der Waals surface area (Å²) in [6.07, 6.45) is 1.42. The minimum absolute atomic E-state index is 0.309. The van der Waals surface area contributed by atoms with E-state index in [2.05, 4.69) is 10.6 Å². The highest BCUT2D eigenvalue weighted by Crippen LogP contribution is 2.29. The molecule has 1 unspecified atom stereocenters. The number of urea groups is 1. The van der Waals surface area contributed by atoms with E-state index in [0.717, 1.165) is 4.90 Å². The number of benzene rings is 1. The van der Waals surface area contributed by atoms with Crippen LogP contribution in [0.2, 0.25) is 0 Å². The average molecular weight is 343 g/mol. The zero-order valence-corrected chi connectivity index (χ0v) is 13.7. The molecule has 2 heterocycles. The molecule has 3 rings (SSSR count). The Morgan fingerprint density at radius 2 is 2.00 bits per heavy atom.